The van der Waals surface area contributed by atoms with E-state index in [2.05, 4.69) is 10.8 Å². The second-order valence-electron chi connectivity index (χ2n) is 8.31. The first kappa shape index (κ1) is 16.1. The fraction of sp³-hybridized carbons (Fsp3) is 0.632. The van der Waals surface area contributed by atoms with Crippen molar-refractivity contribution in [2.45, 2.75) is 44.3 Å². The standard InChI is InChI=1S/C19H24N2O2S/c20-11-14-2-1-3-15(4-14)12-24(22,23)21-13-19-8-16-5-17(9-19)7-18(6-16)10-19/h1-4,16-18,21H,5-10,12-13H2. The van der Waals surface area contributed by atoms with E-state index in [1.165, 1.54) is 38.5 Å². The van der Waals surface area contributed by atoms with E-state index >= 15 is 0 Å². The normalized spacial score (nSPS) is 34.2. The third-order valence-corrected chi connectivity index (χ3v) is 7.54. The number of nitrogens with zero attached hydrogens (tertiary/aromatic N) is 1. The Bertz CT molecular complexity index is 744. The Labute approximate surface area is 144 Å². The second-order valence-corrected chi connectivity index (χ2v) is 10.1. The second kappa shape index (κ2) is 5.86. The van der Waals surface area contributed by atoms with Crippen LogP contribution in [-0.2, 0) is 15.8 Å². The molecule has 0 heterocycles. The lowest BCUT2D eigenvalue weighted by molar-refractivity contribution is -0.0487. The molecule has 0 unspecified atom stereocenters. The van der Waals surface area contributed by atoms with Gasteiger partial charge in [0.15, 0.2) is 0 Å². The number of hydrogen-bond donors (Lipinski definition) is 1. The molecule has 0 atom stereocenters. The summed E-state index contributed by atoms with van der Waals surface area (Å²) in [6, 6.07) is 8.92. The van der Waals surface area contributed by atoms with Gasteiger partial charge in [0.2, 0.25) is 10.0 Å². The van der Waals surface area contributed by atoms with Crippen LogP contribution in [0.2, 0.25) is 0 Å². The van der Waals surface area contributed by atoms with Crippen molar-refractivity contribution < 1.29 is 8.42 Å². The van der Waals surface area contributed by atoms with Crippen LogP contribution < -0.4 is 4.72 Å². The molecule has 1 aromatic rings. The number of nitrogens with one attached hydrogen (secondary N) is 1. The van der Waals surface area contributed by atoms with E-state index in [9.17, 15) is 8.42 Å². The fourth-order valence-electron chi connectivity index (χ4n) is 5.77. The monoisotopic (exact) mass is 344 g/mol. The number of sulfonamides is 1. The Balaban J connectivity index is 1.42. The summed E-state index contributed by atoms with van der Waals surface area (Å²) in [5.41, 5.74) is 1.38. The SMILES string of the molecule is N#Cc1cccc(CS(=O)(=O)NCC23CC4CC(CC(C4)C2)C3)c1. The maximum atomic E-state index is 12.5. The van der Waals surface area contributed by atoms with Crippen LogP contribution in [0.15, 0.2) is 24.3 Å². The lowest BCUT2D eigenvalue weighted by Gasteiger charge is -2.56. The molecule has 0 spiro atoms. The molecule has 0 saturated heterocycles. The first-order valence-corrected chi connectivity index (χ1v) is 10.6. The van der Waals surface area contributed by atoms with Crippen molar-refractivity contribution in [3.05, 3.63) is 35.4 Å². The summed E-state index contributed by atoms with van der Waals surface area (Å²) in [5, 5.41) is 8.94. The van der Waals surface area contributed by atoms with Crippen molar-refractivity contribution in [1.82, 2.24) is 4.72 Å². The van der Waals surface area contributed by atoms with Gasteiger partial charge in [-0.1, -0.05) is 12.1 Å². The highest BCUT2D eigenvalue weighted by Gasteiger charge is 2.50. The van der Waals surface area contributed by atoms with Gasteiger partial charge in [0.1, 0.15) is 0 Å². The number of nitriles is 1. The predicted molar refractivity (Wildman–Crippen MR) is 92.4 cm³/mol. The zero-order valence-electron chi connectivity index (χ0n) is 13.9. The minimum Gasteiger partial charge on any atom is -0.214 e. The zero-order valence-corrected chi connectivity index (χ0v) is 14.7. The lowest BCUT2D eigenvalue weighted by Crippen LogP contribution is -2.51. The third-order valence-electron chi connectivity index (χ3n) is 6.24. The molecule has 0 radical (unpaired) electrons. The maximum Gasteiger partial charge on any atom is 0.215 e. The summed E-state index contributed by atoms with van der Waals surface area (Å²) < 4.78 is 27.9. The molecule has 5 rings (SSSR count). The van der Waals surface area contributed by atoms with Crippen LogP contribution in [0.1, 0.15) is 49.7 Å². The molecule has 0 aliphatic heterocycles. The molecule has 0 amide bonds. The summed E-state index contributed by atoms with van der Waals surface area (Å²) in [4.78, 5) is 0. The van der Waals surface area contributed by atoms with Crippen molar-refractivity contribution in [3.63, 3.8) is 0 Å². The molecule has 4 nitrogen and oxygen atoms in total. The van der Waals surface area contributed by atoms with Crippen molar-refractivity contribution >= 4 is 10.0 Å². The van der Waals surface area contributed by atoms with Crippen LogP contribution >= 0.6 is 0 Å². The highest BCUT2D eigenvalue weighted by Crippen LogP contribution is 2.59. The van der Waals surface area contributed by atoms with Gasteiger partial charge < -0.3 is 0 Å². The molecule has 0 aromatic heterocycles. The van der Waals surface area contributed by atoms with E-state index in [4.69, 9.17) is 5.26 Å². The Morgan fingerprint density at radius 1 is 1.12 bits per heavy atom. The van der Waals surface area contributed by atoms with E-state index in [1.807, 2.05) is 0 Å². The smallest absolute Gasteiger partial charge is 0.214 e. The molecule has 4 saturated carbocycles. The van der Waals surface area contributed by atoms with Crippen LogP contribution in [0.25, 0.3) is 0 Å². The first-order chi connectivity index (χ1) is 11.5. The lowest BCUT2D eigenvalue weighted by atomic mass is 9.50. The largest absolute Gasteiger partial charge is 0.215 e. The fourth-order valence-corrected chi connectivity index (χ4v) is 7.02. The van der Waals surface area contributed by atoms with Gasteiger partial charge in [0.25, 0.3) is 0 Å². The van der Waals surface area contributed by atoms with E-state index in [-0.39, 0.29) is 11.2 Å². The van der Waals surface area contributed by atoms with Crippen LogP contribution in [0, 0.1) is 34.5 Å². The summed E-state index contributed by atoms with van der Waals surface area (Å²) >= 11 is 0. The molecule has 1 aromatic carbocycles. The molecular formula is C19H24N2O2S. The Kier molecular flexibility index (Phi) is 3.93. The topological polar surface area (TPSA) is 70.0 Å². The summed E-state index contributed by atoms with van der Waals surface area (Å²) in [5.74, 6) is 2.43. The summed E-state index contributed by atoms with van der Waals surface area (Å²) in [6.45, 7) is 0.594. The van der Waals surface area contributed by atoms with Gasteiger partial charge >= 0.3 is 0 Å². The van der Waals surface area contributed by atoms with Gasteiger partial charge in [-0.25, -0.2) is 13.1 Å². The number of rotatable bonds is 5. The van der Waals surface area contributed by atoms with E-state index in [1.54, 1.807) is 24.3 Å². The molecule has 128 valence electrons. The van der Waals surface area contributed by atoms with Crippen molar-refractivity contribution in [2.75, 3.05) is 6.54 Å². The third kappa shape index (κ3) is 3.22. The number of benzene rings is 1. The molecule has 4 aliphatic rings. The average Bonchev–Trinajstić information content (AvgIpc) is 2.52. The van der Waals surface area contributed by atoms with Crippen LogP contribution in [0.4, 0.5) is 0 Å². The van der Waals surface area contributed by atoms with Gasteiger partial charge in [0.05, 0.1) is 17.4 Å². The molecular weight excluding hydrogens is 320 g/mol. The Morgan fingerprint density at radius 3 is 2.33 bits per heavy atom. The van der Waals surface area contributed by atoms with Crippen LogP contribution in [0.3, 0.4) is 0 Å². The Morgan fingerprint density at radius 2 is 1.75 bits per heavy atom. The Hall–Kier alpha value is -1.38. The van der Waals surface area contributed by atoms with E-state index < -0.39 is 10.0 Å². The first-order valence-electron chi connectivity index (χ1n) is 8.92. The minimum atomic E-state index is -3.36. The zero-order chi connectivity index (χ0) is 16.8. The van der Waals surface area contributed by atoms with Gasteiger partial charge in [-0.15, -0.1) is 0 Å². The molecule has 4 aliphatic carbocycles. The molecule has 4 bridgehead atoms. The van der Waals surface area contributed by atoms with Crippen LogP contribution in [-0.4, -0.2) is 15.0 Å². The summed E-state index contributed by atoms with van der Waals surface area (Å²) in [7, 11) is -3.36. The van der Waals surface area contributed by atoms with Crippen molar-refractivity contribution in [2.24, 2.45) is 23.2 Å². The molecule has 1 N–H and O–H groups in total. The molecule has 5 heteroatoms. The van der Waals surface area contributed by atoms with Crippen molar-refractivity contribution in [3.8, 4) is 6.07 Å². The van der Waals surface area contributed by atoms with E-state index in [0.717, 1.165) is 17.8 Å². The van der Waals surface area contributed by atoms with Gasteiger partial charge in [-0.3, -0.25) is 0 Å². The van der Waals surface area contributed by atoms with Gasteiger partial charge in [-0.05, 0) is 79.4 Å². The van der Waals surface area contributed by atoms with E-state index in [0.29, 0.717) is 17.7 Å². The molecule has 24 heavy (non-hydrogen) atoms. The maximum absolute atomic E-state index is 12.5. The molecule has 4 fully saturated rings. The predicted octanol–water partition coefficient (Wildman–Crippen LogP) is 3.19. The average molecular weight is 344 g/mol. The van der Waals surface area contributed by atoms with Gasteiger partial charge in [-0.2, -0.15) is 5.26 Å². The van der Waals surface area contributed by atoms with Gasteiger partial charge in [0, 0.05) is 6.54 Å². The van der Waals surface area contributed by atoms with Crippen molar-refractivity contribution in [1.29, 1.82) is 5.26 Å². The highest BCUT2D eigenvalue weighted by atomic mass is 32.2. The number of hydrogen-bond acceptors (Lipinski definition) is 3. The summed E-state index contributed by atoms with van der Waals surface area (Å²) in [6.07, 6.45) is 7.70. The quantitative estimate of drug-likeness (QED) is 0.892. The highest BCUT2D eigenvalue weighted by molar-refractivity contribution is 7.88. The van der Waals surface area contributed by atoms with Crippen LogP contribution in [0.5, 0.6) is 0 Å². The minimum absolute atomic E-state index is 0.0467.